The van der Waals surface area contributed by atoms with Gasteiger partial charge in [0.15, 0.2) is 0 Å². The smallest absolute Gasteiger partial charge is 0.254 e. The van der Waals surface area contributed by atoms with Gasteiger partial charge in [0.2, 0.25) is 0 Å². The van der Waals surface area contributed by atoms with Crippen molar-refractivity contribution in [1.82, 2.24) is 19.8 Å². The first kappa shape index (κ1) is 15.1. The lowest BCUT2D eigenvalue weighted by Gasteiger charge is -2.37. The van der Waals surface area contributed by atoms with Crippen LogP contribution in [0.4, 0.5) is 0 Å². The van der Waals surface area contributed by atoms with Gasteiger partial charge in [0.05, 0.1) is 6.20 Å². The van der Waals surface area contributed by atoms with Crippen molar-refractivity contribution >= 4 is 5.91 Å². The van der Waals surface area contributed by atoms with Gasteiger partial charge in [-0.2, -0.15) is 0 Å². The highest BCUT2D eigenvalue weighted by Crippen LogP contribution is 2.26. The Morgan fingerprint density at radius 1 is 1.08 bits per heavy atom. The van der Waals surface area contributed by atoms with Gasteiger partial charge >= 0.3 is 0 Å². The van der Waals surface area contributed by atoms with E-state index in [-0.39, 0.29) is 12.0 Å². The van der Waals surface area contributed by atoms with Gasteiger partial charge in [0.25, 0.3) is 5.91 Å². The van der Waals surface area contributed by atoms with Crippen molar-refractivity contribution in [1.29, 1.82) is 0 Å². The SMILES string of the molecule is O=C(c1ccncc1)N1CCN2C[C@H](Oc3cccnc3)C[C@H]2C1. The van der Waals surface area contributed by atoms with Crippen molar-refractivity contribution in [2.45, 2.75) is 18.6 Å². The number of aromatic nitrogens is 2. The second-order valence-electron chi connectivity index (χ2n) is 6.30. The number of nitrogens with zero attached hydrogens (tertiary/aromatic N) is 4. The monoisotopic (exact) mass is 324 g/mol. The second-order valence-corrected chi connectivity index (χ2v) is 6.30. The molecule has 0 aliphatic carbocycles. The molecule has 6 heteroatoms. The minimum Gasteiger partial charge on any atom is -0.487 e. The number of carbonyl (C=O) groups is 1. The van der Waals surface area contributed by atoms with Crippen LogP contribution < -0.4 is 4.74 Å². The van der Waals surface area contributed by atoms with E-state index in [0.717, 1.165) is 38.3 Å². The highest BCUT2D eigenvalue weighted by molar-refractivity contribution is 5.94. The molecule has 0 bridgehead atoms. The summed E-state index contributed by atoms with van der Waals surface area (Å²) in [7, 11) is 0. The maximum atomic E-state index is 12.6. The number of hydrogen-bond acceptors (Lipinski definition) is 5. The molecular formula is C18H20N4O2. The fourth-order valence-corrected chi connectivity index (χ4v) is 3.55. The van der Waals surface area contributed by atoms with Gasteiger partial charge in [-0.15, -0.1) is 0 Å². The third-order valence-corrected chi connectivity index (χ3v) is 4.73. The third-order valence-electron chi connectivity index (χ3n) is 4.73. The van der Waals surface area contributed by atoms with Crippen LogP contribution in [-0.2, 0) is 0 Å². The molecule has 0 saturated carbocycles. The molecule has 2 atom stereocenters. The number of ether oxygens (including phenoxy) is 1. The molecule has 4 rings (SSSR count). The Kier molecular flexibility index (Phi) is 4.13. The largest absolute Gasteiger partial charge is 0.487 e. The summed E-state index contributed by atoms with van der Waals surface area (Å²) in [5.74, 6) is 0.903. The first-order chi connectivity index (χ1) is 11.8. The molecule has 2 aromatic rings. The molecule has 1 amide bonds. The van der Waals surface area contributed by atoms with Gasteiger partial charge in [-0.05, 0) is 24.3 Å². The topological polar surface area (TPSA) is 58.6 Å². The van der Waals surface area contributed by atoms with Crippen LogP contribution in [0.2, 0.25) is 0 Å². The maximum absolute atomic E-state index is 12.6. The molecule has 2 saturated heterocycles. The fraction of sp³-hybridized carbons (Fsp3) is 0.389. The molecular weight excluding hydrogens is 304 g/mol. The number of pyridine rings is 2. The van der Waals surface area contributed by atoms with Crippen LogP contribution in [0, 0.1) is 0 Å². The average molecular weight is 324 g/mol. The molecule has 0 spiro atoms. The minimum atomic E-state index is 0.0914. The molecule has 24 heavy (non-hydrogen) atoms. The molecule has 0 unspecified atom stereocenters. The predicted octanol–water partition coefficient (Wildman–Crippen LogP) is 1.45. The summed E-state index contributed by atoms with van der Waals surface area (Å²) in [6.45, 7) is 3.33. The Bertz CT molecular complexity index is 695. The molecule has 2 fully saturated rings. The van der Waals surface area contributed by atoms with E-state index in [9.17, 15) is 4.79 Å². The average Bonchev–Trinajstić information content (AvgIpc) is 3.04. The Morgan fingerprint density at radius 3 is 2.75 bits per heavy atom. The van der Waals surface area contributed by atoms with E-state index in [2.05, 4.69) is 14.9 Å². The number of rotatable bonds is 3. The molecule has 4 heterocycles. The van der Waals surface area contributed by atoms with E-state index in [1.807, 2.05) is 17.0 Å². The molecule has 0 N–H and O–H groups in total. The molecule has 0 aromatic carbocycles. The standard InChI is InChI=1S/C18H20N4O2/c23-18(14-3-6-19-7-4-14)22-9-8-21-13-17(10-15(21)12-22)24-16-2-1-5-20-11-16/h1-7,11,15,17H,8-10,12-13H2/t15-,17+/m0/s1. The van der Waals surface area contributed by atoms with Crippen LogP contribution in [0.1, 0.15) is 16.8 Å². The summed E-state index contributed by atoms with van der Waals surface area (Å²) in [5.41, 5.74) is 0.708. The summed E-state index contributed by atoms with van der Waals surface area (Å²) in [4.78, 5) is 25.0. The third kappa shape index (κ3) is 3.10. The summed E-state index contributed by atoms with van der Waals surface area (Å²) >= 11 is 0. The zero-order chi connectivity index (χ0) is 16.4. The minimum absolute atomic E-state index is 0.0914. The summed E-state index contributed by atoms with van der Waals surface area (Å²) < 4.78 is 6.03. The lowest BCUT2D eigenvalue weighted by Crippen LogP contribution is -2.52. The van der Waals surface area contributed by atoms with Gasteiger partial charge in [-0.25, -0.2) is 0 Å². The fourth-order valence-electron chi connectivity index (χ4n) is 3.55. The van der Waals surface area contributed by atoms with Gasteiger partial charge in [-0.3, -0.25) is 19.7 Å². The van der Waals surface area contributed by atoms with Crippen LogP contribution in [-0.4, -0.2) is 64.0 Å². The van der Waals surface area contributed by atoms with Crippen LogP contribution in [0.15, 0.2) is 49.1 Å². The number of carbonyl (C=O) groups excluding carboxylic acids is 1. The van der Waals surface area contributed by atoms with E-state index in [1.165, 1.54) is 0 Å². The Balaban J connectivity index is 1.38. The van der Waals surface area contributed by atoms with Crippen molar-refractivity contribution < 1.29 is 9.53 Å². The van der Waals surface area contributed by atoms with Crippen molar-refractivity contribution in [3.8, 4) is 5.75 Å². The molecule has 124 valence electrons. The van der Waals surface area contributed by atoms with Crippen molar-refractivity contribution in [2.75, 3.05) is 26.2 Å². The van der Waals surface area contributed by atoms with E-state index >= 15 is 0 Å². The van der Waals surface area contributed by atoms with E-state index in [0.29, 0.717) is 11.6 Å². The van der Waals surface area contributed by atoms with E-state index < -0.39 is 0 Å². The van der Waals surface area contributed by atoms with Gasteiger partial charge in [0.1, 0.15) is 11.9 Å². The summed E-state index contributed by atoms with van der Waals surface area (Å²) in [6.07, 6.45) is 7.92. The Morgan fingerprint density at radius 2 is 1.96 bits per heavy atom. The lowest BCUT2D eigenvalue weighted by atomic mass is 10.1. The molecule has 2 aromatic heterocycles. The summed E-state index contributed by atoms with van der Waals surface area (Å²) in [6, 6.07) is 7.73. The number of hydrogen-bond donors (Lipinski definition) is 0. The zero-order valence-electron chi connectivity index (χ0n) is 13.4. The maximum Gasteiger partial charge on any atom is 0.254 e. The number of piperazine rings is 1. The second kappa shape index (κ2) is 6.57. The van der Waals surface area contributed by atoms with Crippen LogP contribution in [0.3, 0.4) is 0 Å². The van der Waals surface area contributed by atoms with Crippen LogP contribution >= 0.6 is 0 Å². The van der Waals surface area contributed by atoms with Crippen LogP contribution in [0.25, 0.3) is 0 Å². The molecule has 6 nitrogen and oxygen atoms in total. The summed E-state index contributed by atoms with van der Waals surface area (Å²) in [5, 5.41) is 0. The first-order valence-electron chi connectivity index (χ1n) is 8.29. The molecule has 2 aliphatic rings. The predicted molar refractivity (Wildman–Crippen MR) is 88.8 cm³/mol. The first-order valence-corrected chi connectivity index (χ1v) is 8.29. The van der Waals surface area contributed by atoms with Crippen molar-refractivity contribution in [3.05, 3.63) is 54.6 Å². The highest BCUT2D eigenvalue weighted by atomic mass is 16.5. The highest BCUT2D eigenvalue weighted by Gasteiger charge is 2.38. The van der Waals surface area contributed by atoms with Gasteiger partial charge in [0, 0.05) is 62.8 Å². The number of fused-ring (bicyclic) bond motifs is 1. The Labute approximate surface area is 141 Å². The van der Waals surface area contributed by atoms with Gasteiger partial charge in [-0.1, -0.05) is 0 Å². The molecule has 2 aliphatic heterocycles. The van der Waals surface area contributed by atoms with Crippen molar-refractivity contribution in [2.24, 2.45) is 0 Å². The quantitative estimate of drug-likeness (QED) is 0.855. The Hall–Kier alpha value is -2.47. The van der Waals surface area contributed by atoms with Gasteiger partial charge < -0.3 is 9.64 Å². The van der Waals surface area contributed by atoms with E-state index in [1.54, 1.807) is 36.9 Å². The number of amides is 1. The molecule has 0 radical (unpaired) electrons. The lowest BCUT2D eigenvalue weighted by molar-refractivity contribution is 0.0569. The van der Waals surface area contributed by atoms with Crippen LogP contribution in [0.5, 0.6) is 5.75 Å². The zero-order valence-corrected chi connectivity index (χ0v) is 13.4. The van der Waals surface area contributed by atoms with Crippen molar-refractivity contribution in [3.63, 3.8) is 0 Å². The van der Waals surface area contributed by atoms with E-state index in [4.69, 9.17) is 4.74 Å². The normalized spacial score (nSPS) is 23.8.